The van der Waals surface area contributed by atoms with Crippen LogP contribution < -0.4 is 5.32 Å². The summed E-state index contributed by atoms with van der Waals surface area (Å²) >= 11 is 0. The van der Waals surface area contributed by atoms with Crippen molar-refractivity contribution in [2.75, 3.05) is 13.2 Å². The highest BCUT2D eigenvalue weighted by Crippen LogP contribution is 2.18. The van der Waals surface area contributed by atoms with Gasteiger partial charge in [0.2, 0.25) is 5.91 Å². The van der Waals surface area contributed by atoms with Crippen molar-refractivity contribution < 1.29 is 24.5 Å². The number of aliphatic hydroxyl groups is 2. The Labute approximate surface area is 456 Å². The molecule has 0 aliphatic heterocycles. The summed E-state index contributed by atoms with van der Waals surface area (Å²) in [6.45, 7) is 4.91. The van der Waals surface area contributed by atoms with Crippen molar-refractivity contribution in [3.8, 4) is 0 Å². The molecule has 0 rings (SSSR count). The molecule has 1 amide bonds. The number of carbonyl (C=O) groups excluding carboxylic acids is 2. The monoisotopic (exact) mass is 1030 g/mol. The average molecular weight is 1030 g/mol. The summed E-state index contributed by atoms with van der Waals surface area (Å²) in [5.74, 6) is -0.0701. The minimum absolute atomic E-state index is 0.00197. The Morgan fingerprint density at radius 2 is 0.644 bits per heavy atom. The van der Waals surface area contributed by atoms with Gasteiger partial charge in [0.05, 0.1) is 25.4 Å². The van der Waals surface area contributed by atoms with E-state index in [2.05, 4.69) is 31.3 Å². The number of hydrogen-bond donors (Lipinski definition) is 3. The van der Waals surface area contributed by atoms with E-state index in [1.165, 1.54) is 295 Å². The number of rotatable bonds is 62. The largest absolute Gasteiger partial charge is 0.466 e. The highest BCUT2D eigenvalue weighted by Gasteiger charge is 2.18. The molecule has 0 spiro atoms. The molecule has 0 fully saturated rings. The van der Waals surface area contributed by atoms with Crippen LogP contribution in [0.4, 0.5) is 0 Å². The van der Waals surface area contributed by atoms with Crippen molar-refractivity contribution in [3.05, 3.63) is 24.3 Å². The Morgan fingerprint density at radius 3 is 0.986 bits per heavy atom. The lowest BCUT2D eigenvalue weighted by molar-refractivity contribution is -0.143. The van der Waals surface area contributed by atoms with Gasteiger partial charge in [0, 0.05) is 12.8 Å². The predicted octanol–water partition coefficient (Wildman–Crippen LogP) is 21.0. The number of aliphatic hydroxyl groups excluding tert-OH is 2. The molecule has 0 radical (unpaired) electrons. The van der Waals surface area contributed by atoms with E-state index in [0.29, 0.717) is 19.4 Å². The lowest BCUT2D eigenvalue weighted by atomic mass is 10.0. The van der Waals surface area contributed by atoms with Crippen molar-refractivity contribution in [1.29, 1.82) is 0 Å². The van der Waals surface area contributed by atoms with Crippen LogP contribution in [0.15, 0.2) is 24.3 Å². The highest BCUT2D eigenvalue weighted by molar-refractivity contribution is 5.76. The van der Waals surface area contributed by atoms with E-state index in [1.807, 2.05) is 6.08 Å². The Kier molecular flexibility index (Phi) is 61.4. The van der Waals surface area contributed by atoms with Crippen LogP contribution in [0, 0.1) is 0 Å². The van der Waals surface area contributed by atoms with Gasteiger partial charge < -0.3 is 20.3 Å². The molecule has 0 saturated carbocycles. The number of carbonyl (C=O) groups is 2. The molecule has 0 heterocycles. The van der Waals surface area contributed by atoms with E-state index in [0.717, 1.165) is 44.9 Å². The average Bonchev–Trinajstić information content (AvgIpc) is 3.39. The number of ether oxygens (including phenoxy) is 1. The van der Waals surface area contributed by atoms with Gasteiger partial charge in [-0.1, -0.05) is 321 Å². The molecule has 432 valence electrons. The van der Waals surface area contributed by atoms with Crippen molar-refractivity contribution in [3.63, 3.8) is 0 Å². The lowest BCUT2D eigenvalue weighted by Gasteiger charge is -2.20. The second-order valence-electron chi connectivity index (χ2n) is 22.8. The molecular formula is C67H129NO5. The molecule has 6 nitrogen and oxygen atoms in total. The first-order valence-corrected chi connectivity index (χ1v) is 33.1. The second-order valence-corrected chi connectivity index (χ2v) is 22.8. The fourth-order valence-electron chi connectivity index (χ4n) is 10.4. The SMILES string of the molecule is CCCCCC/C=C\CCCCCCCC(=O)OCCCCCCCCCCCCCCCCCCCCC(=O)NC(CO)C(O)/C=C/CCCCCCCCCCCCCCCCCCCCCCCCC. The van der Waals surface area contributed by atoms with Crippen molar-refractivity contribution >= 4 is 11.9 Å². The van der Waals surface area contributed by atoms with Gasteiger partial charge in [-0.15, -0.1) is 0 Å². The molecule has 0 aromatic rings. The molecular weight excluding hydrogens is 899 g/mol. The third-order valence-electron chi connectivity index (χ3n) is 15.5. The molecule has 6 heteroatoms. The van der Waals surface area contributed by atoms with Gasteiger partial charge in [0.15, 0.2) is 0 Å². The normalized spacial score (nSPS) is 12.7. The molecule has 0 aliphatic carbocycles. The third-order valence-corrected chi connectivity index (χ3v) is 15.5. The molecule has 2 atom stereocenters. The standard InChI is InChI=1S/C67H129NO5/c1-3-5-7-9-11-13-15-17-18-19-20-21-22-23-24-25-26-29-32-36-39-43-47-51-55-59-65(70)64(63-69)68-66(71)60-56-52-48-44-40-37-33-30-27-28-31-34-38-42-46-50-54-58-62-73-67(72)61-57-53-49-45-41-35-16-14-12-10-8-6-4-2/h14,16,55,59,64-65,69-70H,3-13,15,17-54,56-58,60-63H2,1-2H3,(H,68,71)/b16-14-,59-55+. The predicted molar refractivity (Wildman–Crippen MR) is 320 cm³/mol. The van der Waals surface area contributed by atoms with Crippen molar-refractivity contribution in [2.24, 2.45) is 0 Å². The molecule has 0 bridgehead atoms. The summed E-state index contributed by atoms with van der Waals surface area (Å²) in [6.07, 6.45) is 78.0. The number of esters is 1. The van der Waals surface area contributed by atoms with Gasteiger partial charge in [-0.25, -0.2) is 0 Å². The zero-order valence-corrected chi connectivity index (χ0v) is 49.4. The quantitative estimate of drug-likeness (QED) is 0.0320. The van der Waals surface area contributed by atoms with E-state index in [-0.39, 0.29) is 18.5 Å². The number of hydrogen-bond acceptors (Lipinski definition) is 5. The summed E-state index contributed by atoms with van der Waals surface area (Å²) < 4.78 is 5.47. The molecule has 0 saturated heterocycles. The van der Waals surface area contributed by atoms with Gasteiger partial charge in [-0.05, 0) is 57.8 Å². The van der Waals surface area contributed by atoms with Gasteiger partial charge in [-0.2, -0.15) is 0 Å². The van der Waals surface area contributed by atoms with Crippen LogP contribution in [0.25, 0.3) is 0 Å². The van der Waals surface area contributed by atoms with Crippen LogP contribution in [-0.2, 0) is 14.3 Å². The summed E-state index contributed by atoms with van der Waals surface area (Å²) in [4.78, 5) is 24.6. The van der Waals surface area contributed by atoms with Crippen molar-refractivity contribution in [1.82, 2.24) is 5.32 Å². The maximum atomic E-state index is 12.5. The van der Waals surface area contributed by atoms with E-state index >= 15 is 0 Å². The summed E-state index contributed by atoms with van der Waals surface area (Å²) in [5, 5.41) is 23.3. The van der Waals surface area contributed by atoms with Crippen molar-refractivity contribution in [2.45, 2.75) is 379 Å². The number of nitrogens with one attached hydrogen (secondary N) is 1. The van der Waals surface area contributed by atoms with E-state index in [1.54, 1.807) is 6.08 Å². The molecule has 2 unspecified atom stereocenters. The maximum Gasteiger partial charge on any atom is 0.305 e. The van der Waals surface area contributed by atoms with Crippen LogP contribution in [0.3, 0.4) is 0 Å². The summed E-state index contributed by atoms with van der Waals surface area (Å²) in [5.41, 5.74) is 0. The first-order chi connectivity index (χ1) is 36.0. The highest BCUT2D eigenvalue weighted by atomic mass is 16.5. The van der Waals surface area contributed by atoms with E-state index in [4.69, 9.17) is 4.74 Å². The summed E-state index contributed by atoms with van der Waals surface area (Å²) in [6, 6.07) is -0.632. The van der Waals surface area contributed by atoms with Crippen LogP contribution in [0.2, 0.25) is 0 Å². The fraction of sp³-hybridized carbons (Fsp3) is 0.910. The number of allylic oxidation sites excluding steroid dienone is 3. The first kappa shape index (κ1) is 71.3. The summed E-state index contributed by atoms with van der Waals surface area (Å²) in [7, 11) is 0. The van der Waals surface area contributed by atoms with Gasteiger partial charge in [-0.3, -0.25) is 9.59 Å². The first-order valence-electron chi connectivity index (χ1n) is 33.1. The minimum Gasteiger partial charge on any atom is -0.466 e. The second kappa shape index (κ2) is 62.9. The van der Waals surface area contributed by atoms with E-state index < -0.39 is 12.1 Å². The smallest absolute Gasteiger partial charge is 0.305 e. The Hall–Kier alpha value is -1.66. The van der Waals surface area contributed by atoms with Crippen LogP contribution in [0.5, 0.6) is 0 Å². The molecule has 3 N–H and O–H groups in total. The zero-order valence-electron chi connectivity index (χ0n) is 49.4. The van der Waals surface area contributed by atoms with Gasteiger partial charge in [0.25, 0.3) is 0 Å². The minimum atomic E-state index is -0.849. The Morgan fingerprint density at radius 1 is 0.370 bits per heavy atom. The Balaban J connectivity index is 3.44. The molecule has 0 aromatic carbocycles. The van der Waals surface area contributed by atoms with Gasteiger partial charge in [0.1, 0.15) is 0 Å². The van der Waals surface area contributed by atoms with Crippen LogP contribution in [-0.4, -0.2) is 47.4 Å². The third kappa shape index (κ3) is 59.4. The Bertz CT molecular complexity index is 1140. The lowest BCUT2D eigenvalue weighted by Crippen LogP contribution is -2.45. The zero-order chi connectivity index (χ0) is 52.9. The molecule has 0 aromatic heterocycles. The molecule has 0 aliphatic rings. The van der Waals surface area contributed by atoms with E-state index in [9.17, 15) is 19.8 Å². The van der Waals surface area contributed by atoms with Gasteiger partial charge >= 0.3 is 5.97 Å². The fourth-order valence-corrected chi connectivity index (χ4v) is 10.4. The van der Waals surface area contributed by atoms with Crippen LogP contribution >= 0.6 is 0 Å². The van der Waals surface area contributed by atoms with Crippen LogP contribution in [0.1, 0.15) is 367 Å². The number of amides is 1. The maximum absolute atomic E-state index is 12.5. The topological polar surface area (TPSA) is 95.9 Å². The number of unbranched alkanes of at least 4 members (excludes halogenated alkanes) is 49. The molecule has 73 heavy (non-hydrogen) atoms.